The van der Waals surface area contributed by atoms with Crippen LogP contribution in [0.15, 0.2) is 42.5 Å². The van der Waals surface area contributed by atoms with Crippen LogP contribution < -0.4 is 10.1 Å². The van der Waals surface area contributed by atoms with Crippen molar-refractivity contribution in [1.82, 2.24) is 5.32 Å². The lowest BCUT2D eigenvalue weighted by atomic mass is 9.98. The highest BCUT2D eigenvalue weighted by atomic mass is 19.1. The van der Waals surface area contributed by atoms with Gasteiger partial charge in [0.1, 0.15) is 0 Å². The summed E-state index contributed by atoms with van der Waals surface area (Å²) in [5.74, 6) is -0.436. The van der Waals surface area contributed by atoms with Crippen LogP contribution in [0.2, 0.25) is 0 Å². The molecule has 4 heteroatoms. The molecule has 0 unspecified atom stereocenters. The average molecular weight is 287 g/mol. The largest absolute Gasteiger partial charge is 0.494 e. The number of hydrogen-bond acceptors (Lipinski definition) is 2. The van der Waals surface area contributed by atoms with Crippen LogP contribution in [0.4, 0.5) is 4.39 Å². The molecular formula is C17H18FNO2. The first-order valence-corrected chi connectivity index (χ1v) is 6.76. The van der Waals surface area contributed by atoms with Gasteiger partial charge in [0, 0.05) is 11.6 Å². The Kier molecular flexibility index (Phi) is 4.58. The van der Waals surface area contributed by atoms with Crippen LogP contribution >= 0.6 is 0 Å². The number of carbonyl (C=O) groups is 1. The first-order valence-electron chi connectivity index (χ1n) is 6.76. The minimum Gasteiger partial charge on any atom is -0.494 e. The van der Waals surface area contributed by atoms with Crippen LogP contribution in [-0.2, 0) is 0 Å². The Balaban J connectivity index is 2.45. The molecule has 0 bridgehead atoms. The third-order valence-corrected chi connectivity index (χ3v) is 3.05. The summed E-state index contributed by atoms with van der Waals surface area (Å²) in [5, 5.41) is 2.85. The molecule has 0 atom stereocenters. The van der Waals surface area contributed by atoms with Crippen LogP contribution in [0.3, 0.4) is 0 Å². The summed E-state index contributed by atoms with van der Waals surface area (Å²) in [5.41, 5.74) is 1.86. The fourth-order valence-electron chi connectivity index (χ4n) is 2.11. The van der Waals surface area contributed by atoms with E-state index in [9.17, 15) is 9.18 Å². The lowest BCUT2D eigenvalue weighted by Gasteiger charge is -2.13. The summed E-state index contributed by atoms with van der Waals surface area (Å²) in [7, 11) is 1.42. The van der Waals surface area contributed by atoms with Gasteiger partial charge in [0.25, 0.3) is 5.91 Å². The van der Waals surface area contributed by atoms with E-state index in [0.29, 0.717) is 16.7 Å². The molecule has 1 N–H and O–H groups in total. The summed E-state index contributed by atoms with van der Waals surface area (Å²) in [6.07, 6.45) is 0. The van der Waals surface area contributed by atoms with Gasteiger partial charge in [0.15, 0.2) is 11.6 Å². The maximum absolute atomic E-state index is 13.9. The van der Waals surface area contributed by atoms with Crippen LogP contribution in [0.5, 0.6) is 5.75 Å². The van der Waals surface area contributed by atoms with Crippen molar-refractivity contribution in [2.24, 2.45) is 0 Å². The van der Waals surface area contributed by atoms with E-state index >= 15 is 0 Å². The third kappa shape index (κ3) is 3.40. The number of halogens is 1. The standard InChI is InChI=1S/C17H18FNO2/c1-11(2)19-17(20)14-7-5-4-6-13(14)12-8-9-16(21-3)15(18)10-12/h4-11H,1-3H3,(H,19,20). The van der Waals surface area contributed by atoms with E-state index in [1.165, 1.54) is 13.2 Å². The number of carbonyl (C=O) groups excluding carboxylic acids is 1. The molecule has 3 nitrogen and oxygen atoms in total. The Bertz CT molecular complexity index is 653. The normalized spacial score (nSPS) is 10.5. The lowest BCUT2D eigenvalue weighted by Crippen LogP contribution is -2.30. The van der Waals surface area contributed by atoms with Crippen LogP contribution in [0.25, 0.3) is 11.1 Å². The maximum Gasteiger partial charge on any atom is 0.252 e. The van der Waals surface area contributed by atoms with Gasteiger partial charge in [0.2, 0.25) is 0 Å². The van der Waals surface area contributed by atoms with Crippen molar-refractivity contribution >= 4 is 5.91 Å². The Morgan fingerprint density at radius 2 is 1.90 bits per heavy atom. The summed E-state index contributed by atoms with van der Waals surface area (Å²) in [4.78, 5) is 12.2. The molecule has 2 rings (SSSR count). The minimum atomic E-state index is -0.450. The predicted octanol–water partition coefficient (Wildman–Crippen LogP) is 3.64. The molecule has 1 amide bonds. The molecule has 0 aliphatic rings. The Hall–Kier alpha value is -2.36. The highest BCUT2D eigenvalue weighted by Crippen LogP contribution is 2.28. The van der Waals surface area contributed by atoms with E-state index in [4.69, 9.17) is 4.74 Å². The third-order valence-electron chi connectivity index (χ3n) is 3.05. The van der Waals surface area contributed by atoms with Crippen molar-refractivity contribution in [2.45, 2.75) is 19.9 Å². The van der Waals surface area contributed by atoms with Crippen molar-refractivity contribution in [3.63, 3.8) is 0 Å². The fraction of sp³-hybridized carbons (Fsp3) is 0.235. The van der Waals surface area contributed by atoms with E-state index in [0.717, 1.165) is 0 Å². The number of nitrogens with one attached hydrogen (secondary N) is 1. The van der Waals surface area contributed by atoms with Crippen molar-refractivity contribution in [2.75, 3.05) is 7.11 Å². The van der Waals surface area contributed by atoms with Gasteiger partial charge in [-0.15, -0.1) is 0 Å². The van der Waals surface area contributed by atoms with E-state index < -0.39 is 5.82 Å². The van der Waals surface area contributed by atoms with Crippen LogP contribution in [0.1, 0.15) is 24.2 Å². The molecule has 2 aromatic carbocycles. The van der Waals surface area contributed by atoms with E-state index in [2.05, 4.69) is 5.32 Å². The highest BCUT2D eigenvalue weighted by Gasteiger charge is 2.14. The lowest BCUT2D eigenvalue weighted by molar-refractivity contribution is 0.0944. The SMILES string of the molecule is COc1ccc(-c2ccccc2C(=O)NC(C)C)cc1F. The Labute approximate surface area is 123 Å². The molecular weight excluding hydrogens is 269 g/mol. The van der Waals surface area contributed by atoms with Crippen LogP contribution in [-0.4, -0.2) is 19.1 Å². The zero-order chi connectivity index (χ0) is 15.4. The molecule has 0 aliphatic heterocycles. The molecule has 0 saturated carbocycles. The number of hydrogen-bond donors (Lipinski definition) is 1. The Morgan fingerprint density at radius 3 is 2.52 bits per heavy atom. The number of amides is 1. The second kappa shape index (κ2) is 6.39. The molecule has 0 spiro atoms. The summed E-state index contributed by atoms with van der Waals surface area (Å²) < 4.78 is 18.8. The maximum atomic E-state index is 13.9. The fourth-order valence-corrected chi connectivity index (χ4v) is 2.11. The van der Waals surface area contributed by atoms with Crippen LogP contribution in [0, 0.1) is 5.82 Å². The minimum absolute atomic E-state index is 0.0400. The van der Waals surface area contributed by atoms with Gasteiger partial charge in [-0.05, 0) is 43.2 Å². The number of methoxy groups -OCH3 is 1. The van der Waals surface area contributed by atoms with Crippen molar-refractivity contribution in [1.29, 1.82) is 0 Å². The van der Waals surface area contributed by atoms with Gasteiger partial charge in [-0.25, -0.2) is 4.39 Å². The van der Waals surface area contributed by atoms with Gasteiger partial charge in [-0.2, -0.15) is 0 Å². The topological polar surface area (TPSA) is 38.3 Å². The summed E-state index contributed by atoms with van der Waals surface area (Å²) in [6.45, 7) is 3.79. The van der Waals surface area contributed by atoms with Gasteiger partial charge >= 0.3 is 0 Å². The molecule has 0 heterocycles. The zero-order valence-corrected chi connectivity index (χ0v) is 12.3. The van der Waals surface area contributed by atoms with E-state index in [1.54, 1.807) is 30.3 Å². The summed E-state index contributed by atoms with van der Waals surface area (Å²) in [6, 6.07) is 11.9. The van der Waals surface area contributed by atoms with Crippen molar-refractivity contribution < 1.29 is 13.9 Å². The first kappa shape index (κ1) is 15.0. The van der Waals surface area contributed by atoms with Gasteiger partial charge in [-0.3, -0.25) is 4.79 Å². The Morgan fingerprint density at radius 1 is 1.19 bits per heavy atom. The molecule has 0 saturated heterocycles. The first-order chi connectivity index (χ1) is 10.0. The molecule has 0 aliphatic carbocycles. The molecule has 21 heavy (non-hydrogen) atoms. The number of benzene rings is 2. The van der Waals surface area contributed by atoms with Gasteiger partial charge in [-0.1, -0.05) is 24.3 Å². The highest BCUT2D eigenvalue weighted by molar-refractivity contribution is 6.01. The quantitative estimate of drug-likeness (QED) is 0.932. The van der Waals surface area contributed by atoms with Gasteiger partial charge in [0.05, 0.1) is 7.11 Å². The zero-order valence-electron chi connectivity index (χ0n) is 12.3. The smallest absolute Gasteiger partial charge is 0.252 e. The molecule has 0 radical (unpaired) electrons. The van der Waals surface area contributed by atoms with Crippen molar-refractivity contribution in [3.8, 4) is 16.9 Å². The van der Waals surface area contributed by atoms with E-state index in [-0.39, 0.29) is 17.7 Å². The number of rotatable bonds is 4. The molecule has 0 aromatic heterocycles. The molecule has 0 fully saturated rings. The number of ether oxygens (including phenoxy) is 1. The van der Waals surface area contributed by atoms with E-state index in [1.807, 2.05) is 19.9 Å². The van der Waals surface area contributed by atoms with Crippen molar-refractivity contribution in [3.05, 3.63) is 53.8 Å². The predicted molar refractivity (Wildman–Crippen MR) is 81.0 cm³/mol. The van der Waals surface area contributed by atoms with Gasteiger partial charge < -0.3 is 10.1 Å². The average Bonchev–Trinajstić information content (AvgIpc) is 2.46. The summed E-state index contributed by atoms with van der Waals surface area (Å²) >= 11 is 0. The monoisotopic (exact) mass is 287 g/mol. The molecule has 110 valence electrons. The second-order valence-corrected chi connectivity index (χ2v) is 5.02. The second-order valence-electron chi connectivity index (χ2n) is 5.02. The molecule has 2 aromatic rings.